The highest BCUT2D eigenvalue weighted by molar-refractivity contribution is 5.94. The molecule has 3 nitrogen and oxygen atoms in total. The average molecular weight is 297 g/mol. The van der Waals surface area contributed by atoms with Gasteiger partial charge < -0.3 is 4.90 Å². The van der Waals surface area contributed by atoms with Gasteiger partial charge in [0, 0.05) is 30.9 Å². The van der Waals surface area contributed by atoms with Gasteiger partial charge in [-0.2, -0.15) is 10.2 Å². The lowest BCUT2D eigenvalue weighted by Gasteiger charge is -2.34. The predicted octanol–water partition coefficient (Wildman–Crippen LogP) is 4.37. The summed E-state index contributed by atoms with van der Waals surface area (Å²) in [6.07, 6.45) is 5.60. The molecular formula is C19H27N3. The Kier molecular flexibility index (Phi) is 3.62. The maximum absolute atomic E-state index is 4.60. The molecule has 0 aromatic heterocycles. The van der Waals surface area contributed by atoms with Crippen LogP contribution in [0.2, 0.25) is 0 Å². The molecule has 0 amide bonds. The Hall–Kier alpha value is -1.64. The van der Waals surface area contributed by atoms with Crippen molar-refractivity contribution >= 4 is 17.6 Å². The van der Waals surface area contributed by atoms with E-state index in [1.807, 2.05) is 20.3 Å². The summed E-state index contributed by atoms with van der Waals surface area (Å²) in [6, 6.07) is 8.39. The molecule has 2 bridgehead atoms. The summed E-state index contributed by atoms with van der Waals surface area (Å²) in [6.45, 7) is 7.17. The topological polar surface area (TPSA) is 28.0 Å². The molecule has 2 fully saturated rings. The van der Waals surface area contributed by atoms with Gasteiger partial charge in [-0.1, -0.05) is 32.9 Å². The highest BCUT2D eigenvalue weighted by atomic mass is 15.2. The van der Waals surface area contributed by atoms with E-state index in [1.54, 1.807) is 0 Å². The Morgan fingerprint density at radius 3 is 2.32 bits per heavy atom. The summed E-state index contributed by atoms with van der Waals surface area (Å²) in [5.74, 6) is 0.783. The number of hydrogen-bond donors (Lipinski definition) is 0. The van der Waals surface area contributed by atoms with Crippen LogP contribution in [0.5, 0.6) is 0 Å². The fraction of sp³-hybridized carbons (Fsp3) is 0.579. The fourth-order valence-corrected chi connectivity index (χ4v) is 4.10. The van der Waals surface area contributed by atoms with E-state index in [1.165, 1.54) is 24.2 Å². The first kappa shape index (κ1) is 15.3. The Balaban J connectivity index is 1.75. The van der Waals surface area contributed by atoms with Gasteiger partial charge in [0.1, 0.15) is 0 Å². The molecule has 0 spiro atoms. The van der Waals surface area contributed by atoms with Crippen molar-refractivity contribution in [1.82, 2.24) is 0 Å². The Bertz CT molecular complexity index is 610. The fourth-order valence-electron chi connectivity index (χ4n) is 4.10. The van der Waals surface area contributed by atoms with Crippen LogP contribution in [0.1, 0.15) is 45.6 Å². The molecule has 2 aliphatic rings. The van der Waals surface area contributed by atoms with Crippen molar-refractivity contribution in [2.24, 2.45) is 27.0 Å². The van der Waals surface area contributed by atoms with Crippen molar-refractivity contribution in [2.45, 2.75) is 40.0 Å². The summed E-state index contributed by atoms with van der Waals surface area (Å²) in [4.78, 5) is 2.10. The summed E-state index contributed by atoms with van der Waals surface area (Å²) < 4.78 is 0. The molecule has 1 aromatic carbocycles. The zero-order chi connectivity index (χ0) is 16.0. The van der Waals surface area contributed by atoms with E-state index >= 15 is 0 Å². The SMILES string of the molecule is CN(C)c1ccc(C=NN=C2CC3CCC2(C)C3(C)C)cc1. The lowest BCUT2D eigenvalue weighted by molar-refractivity contribution is 0.194. The van der Waals surface area contributed by atoms with Crippen molar-refractivity contribution in [2.75, 3.05) is 19.0 Å². The third-order valence-electron chi connectivity index (χ3n) is 6.31. The number of anilines is 1. The normalized spacial score (nSPS) is 31.3. The molecular weight excluding hydrogens is 270 g/mol. The number of hydrogen-bond acceptors (Lipinski definition) is 3. The minimum Gasteiger partial charge on any atom is -0.378 e. The zero-order valence-electron chi connectivity index (χ0n) is 14.4. The minimum absolute atomic E-state index is 0.240. The molecule has 2 atom stereocenters. The molecule has 0 saturated heterocycles. The average Bonchev–Trinajstić information content (AvgIpc) is 2.81. The summed E-state index contributed by atoms with van der Waals surface area (Å²) >= 11 is 0. The van der Waals surface area contributed by atoms with E-state index in [9.17, 15) is 0 Å². The third-order valence-corrected chi connectivity index (χ3v) is 6.31. The van der Waals surface area contributed by atoms with Crippen molar-refractivity contribution in [3.63, 3.8) is 0 Å². The molecule has 0 N–H and O–H groups in total. The lowest BCUT2D eigenvalue weighted by Crippen LogP contribution is -2.32. The first-order valence-electron chi connectivity index (χ1n) is 8.22. The molecule has 118 valence electrons. The van der Waals surface area contributed by atoms with Gasteiger partial charge >= 0.3 is 0 Å². The van der Waals surface area contributed by atoms with E-state index < -0.39 is 0 Å². The van der Waals surface area contributed by atoms with Crippen LogP contribution in [0, 0.1) is 16.7 Å². The van der Waals surface area contributed by atoms with Gasteiger partial charge in [0.05, 0.1) is 6.21 Å². The molecule has 1 aromatic rings. The molecule has 2 unspecified atom stereocenters. The van der Waals surface area contributed by atoms with Crippen LogP contribution in [-0.2, 0) is 0 Å². The van der Waals surface area contributed by atoms with E-state index in [-0.39, 0.29) is 5.41 Å². The van der Waals surface area contributed by atoms with Crippen molar-refractivity contribution in [3.05, 3.63) is 29.8 Å². The second kappa shape index (κ2) is 5.22. The molecule has 22 heavy (non-hydrogen) atoms. The van der Waals surface area contributed by atoms with E-state index in [2.05, 4.69) is 60.1 Å². The number of rotatable bonds is 3. The van der Waals surface area contributed by atoms with Crippen LogP contribution in [-0.4, -0.2) is 26.0 Å². The Labute approximate surface area is 134 Å². The molecule has 0 heterocycles. The van der Waals surface area contributed by atoms with Crippen molar-refractivity contribution in [1.29, 1.82) is 0 Å². The van der Waals surface area contributed by atoms with Crippen LogP contribution < -0.4 is 4.90 Å². The van der Waals surface area contributed by atoms with Crippen molar-refractivity contribution in [3.8, 4) is 0 Å². The van der Waals surface area contributed by atoms with Gasteiger partial charge in [0.25, 0.3) is 0 Å². The number of nitrogens with zero attached hydrogens (tertiary/aromatic N) is 3. The monoisotopic (exact) mass is 297 g/mol. The smallest absolute Gasteiger partial charge is 0.0568 e. The maximum Gasteiger partial charge on any atom is 0.0568 e. The Morgan fingerprint density at radius 2 is 1.82 bits per heavy atom. The quantitative estimate of drug-likeness (QED) is 0.601. The standard InChI is InChI=1S/C19H27N3/c1-18(2)15-10-11-19(18,3)17(12-15)21-20-13-14-6-8-16(9-7-14)22(4)5/h6-9,13,15H,10-12H2,1-5H3. The summed E-state index contributed by atoms with van der Waals surface area (Å²) in [5, 5.41) is 8.98. The van der Waals surface area contributed by atoms with Crippen molar-refractivity contribution < 1.29 is 0 Å². The molecule has 2 aliphatic carbocycles. The number of benzene rings is 1. The second-order valence-corrected chi connectivity index (χ2v) is 7.77. The molecule has 0 aliphatic heterocycles. The highest BCUT2D eigenvalue weighted by Crippen LogP contribution is 2.63. The zero-order valence-corrected chi connectivity index (χ0v) is 14.4. The Morgan fingerprint density at radius 1 is 1.14 bits per heavy atom. The first-order chi connectivity index (χ1) is 10.3. The lowest BCUT2D eigenvalue weighted by atomic mass is 9.70. The molecule has 3 rings (SSSR count). The van der Waals surface area contributed by atoms with E-state index in [4.69, 9.17) is 0 Å². The maximum atomic E-state index is 4.60. The number of fused-ring (bicyclic) bond motifs is 2. The van der Waals surface area contributed by atoms with Crippen LogP contribution in [0.15, 0.2) is 34.5 Å². The van der Waals surface area contributed by atoms with Crippen LogP contribution in [0.4, 0.5) is 5.69 Å². The largest absolute Gasteiger partial charge is 0.378 e. The minimum atomic E-state index is 0.240. The third kappa shape index (κ3) is 2.27. The van der Waals surface area contributed by atoms with Crippen LogP contribution in [0.3, 0.4) is 0 Å². The first-order valence-corrected chi connectivity index (χ1v) is 8.22. The molecule has 3 heteroatoms. The van der Waals surface area contributed by atoms with Gasteiger partial charge in [-0.25, -0.2) is 0 Å². The van der Waals surface area contributed by atoms with Gasteiger partial charge in [-0.05, 0) is 48.3 Å². The van der Waals surface area contributed by atoms with Gasteiger partial charge in [0.2, 0.25) is 0 Å². The van der Waals surface area contributed by atoms with Gasteiger partial charge in [-0.15, -0.1) is 0 Å². The summed E-state index contributed by atoms with van der Waals surface area (Å²) in [7, 11) is 4.10. The van der Waals surface area contributed by atoms with Crippen LogP contribution >= 0.6 is 0 Å². The van der Waals surface area contributed by atoms with E-state index in [0.29, 0.717) is 5.41 Å². The summed E-state index contributed by atoms with van der Waals surface area (Å²) in [5.41, 5.74) is 4.21. The predicted molar refractivity (Wildman–Crippen MR) is 95.0 cm³/mol. The van der Waals surface area contributed by atoms with Crippen LogP contribution in [0.25, 0.3) is 0 Å². The second-order valence-electron chi connectivity index (χ2n) is 7.77. The molecule has 0 radical (unpaired) electrons. The molecule has 2 saturated carbocycles. The van der Waals surface area contributed by atoms with E-state index in [0.717, 1.165) is 17.9 Å². The highest BCUT2D eigenvalue weighted by Gasteiger charge is 2.59. The van der Waals surface area contributed by atoms with Gasteiger partial charge in [-0.3, -0.25) is 0 Å². The van der Waals surface area contributed by atoms with Gasteiger partial charge in [0.15, 0.2) is 0 Å².